The molecule has 0 bridgehead atoms. The molecule has 2 fully saturated rings. The zero-order valence-electron chi connectivity index (χ0n) is 19.9. The summed E-state index contributed by atoms with van der Waals surface area (Å²) in [5.41, 5.74) is -1.59. The molecule has 1 aliphatic carbocycles. The quantitative estimate of drug-likeness (QED) is 0.165. The Morgan fingerprint density at radius 3 is 2.34 bits per heavy atom. The van der Waals surface area contributed by atoms with E-state index < -0.39 is 47.2 Å². The van der Waals surface area contributed by atoms with Crippen LogP contribution in [0.2, 0.25) is 0 Å². The van der Waals surface area contributed by atoms with Crippen molar-refractivity contribution in [1.29, 1.82) is 0 Å². The molecule has 1 heterocycles. The lowest BCUT2D eigenvalue weighted by Crippen LogP contribution is -2.54. The summed E-state index contributed by atoms with van der Waals surface area (Å²) in [4.78, 5) is 63.0. The molecule has 0 spiro atoms. The molecule has 4 atom stereocenters. The van der Waals surface area contributed by atoms with Gasteiger partial charge in [-0.25, -0.2) is 14.4 Å². The maximum absolute atomic E-state index is 13.3. The van der Waals surface area contributed by atoms with Gasteiger partial charge >= 0.3 is 18.0 Å². The largest absolute Gasteiger partial charge is 0.464 e. The molecular formula is C23H28IN3O8. The van der Waals surface area contributed by atoms with E-state index in [1.807, 2.05) is 0 Å². The lowest BCUT2D eigenvalue weighted by Gasteiger charge is -2.28. The lowest BCUT2D eigenvalue weighted by molar-refractivity contribution is -0.149. The number of benzene rings is 1. The van der Waals surface area contributed by atoms with E-state index in [0.29, 0.717) is 6.42 Å². The minimum atomic E-state index is -1.14. The topological polar surface area (TPSA) is 141 Å². The molecule has 2 aliphatic rings. The first-order chi connectivity index (χ1) is 16.4. The summed E-state index contributed by atoms with van der Waals surface area (Å²) in [6, 6.07) is 4.56. The summed E-state index contributed by atoms with van der Waals surface area (Å²) < 4.78 is 16.0. The first-order valence-electron chi connectivity index (χ1n) is 11.2. The van der Waals surface area contributed by atoms with Crippen molar-refractivity contribution in [2.24, 2.45) is 5.18 Å². The van der Waals surface area contributed by atoms with E-state index >= 15 is 0 Å². The van der Waals surface area contributed by atoms with E-state index in [4.69, 9.17) is 14.2 Å². The van der Waals surface area contributed by atoms with E-state index in [1.54, 1.807) is 27.7 Å². The maximum atomic E-state index is 13.3. The van der Waals surface area contributed by atoms with Crippen LogP contribution in [0.25, 0.3) is 0 Å². The van der Waals surface area contributed by atoms with Gasteiger partial charge < -0.3 is 19.5 Å². The van der Waals surface area contributed by atoms with Gasteiger partial charge in [-0.2, -0.15) is 0 Å². The summed E-state index contributed by atoms with van der Waals surface area (Å²) >= 11 is 2.07. The van der Waals surface area contributed by atoms with Gasteiger partial charge in [-0.05, 0) is 63.6 Å². The predicted molar refractivity (Wildman–Crippen MR) is 132 cm³/mol. The molecule has 11 nitrogen and oxygen atoms in total. The van der Waals surface area contributed by atoms with E-state index in [2.05, 4.69) is 33.1 Å². The normalized spacial score (nSPS) is 25.4. The zero-order valence-corrected chi connectivity index (χ0v) is 22.1. The van der Waals surface area contributed by atoms with Gasteiger partial charge in [0.2, 0.25) is 5.91 Å². The van der Waals surface area contributed by atoms with Crippen molar-refractivity contribution in [2.75, 3.05) is 13.2 Å². The molecule has 0 radical (unpaired) electrons. The molecule has 1 saturated carbocycles. The van der Waals surface area contributed by atoms with Crippen molar-refractivity contribution in [3.05, 3.63) is 34.7 Å². The SMILES string of the molecule is CCOC(=O)[C@@]1(NC(=O)[C@@H]2C[C@@H](OC(=O)c3ccc(N=O)cc3)CN2C(=O)OC(C)(C)C)C[C@H]1I. The van der Waals surface area contributed by atoms with Crippen molar-refractivity contribution in [1.82, 2.24) is 10.2 Å². The highest BCUT2D eigenvalue weighted by molar-refractivity contribution is 14.1. The monoisotopic (exact) mass is 601 g/mol. The Morgan fingerprint density at radius 1 is 1.20 bits per heavy atom. The van der Waals surface area contributed by atoms with Gasteiger partial charge in [-0.1, -0.05) is 22.6 Å². The smallest absolute Gasteiger partial charge is 0.411 e. The van der Waals surface area contributed by atoms with Crippen LogP contribution < -0.4 is 5.32 Å². The second-order valence-electron chi connectivity index (χ2n) is 9.40. The Bertz CT molecular complexity index is 1010. The average Bonchev–Trinajstić information content (AvgIpc) is 3.24. The van der Waals surface area contributed by atoms with Crippen LogP contribution in [0.4, 0.5) is 10.5 Å². The van der Waals surface area contributed by atoms with Crippen molar-refractivity contribution in [3.63, 3.8) is 0 Å². The second-order valence-corrected chi connectivity index (χ2v) is 10.9. The fraction of sp³-hybridized carbons (Fsp3) is 0.565. The number of halogens is 1. The molecule has 190 valence electrons. The Kier molecular flexibility index (Phi) is 8.02. The molecule has 1 aromatic carbocycles. The third-order valence-electron chi connectivity index (χ3n) is 5.54. The molecule has 0 unspecified atom stereocenters. The fourth-order valence-corrected chi connectivity index (χ4v) is 4.81. The third kappa shape index (κ3) is 6.27. The maximum Gasteiger partial charge on any atom is 0.411 e. The molecular weight excluding hydrogens is 573 g/mol. The Hall–Kier alpha value is -2.77. The number of hydrogen-bond donors (Lipinski definition) is 1. The number of likely N-dealkylation sites (tertiary alicyclic amines) is 1. The zero-order chi connectivity index (χ0) is 26.0. The molecule has 35 heavy (non-hydrogen) atoms. The lowest BCUT2D eigenvalue weighted by atomic mass is 10.1. The van der Waals surface area contributed by atoms with Crippen molar-refractivity contribution in [2.45, 2.75) is 67.7 Å². The van der Waals surface area contributed by atoms with Gasteiger partial charge in [0.25, 0.3) is 0 Å². The molecule has 0 aromatic heterocycles. The number of rotatable bonds is 7. The Balaban J connectivity index is 1.76. The van der Waals surface area contributed by atoms with Crippen LogP contribution in [0.1, 0.15) is 50.9 Å². The number of amides is 2. The summed E-state index contributed by atoms with van der Waals surface area (Å²) in [5, 5.41) is 5.55. The number of ether oxygens (including phenoxy) is 3. The number of carbonyl (C=O) groups excluding carboxylic acids is 4. The molecule has 1 saturated heterocycles. The number of nitrogens with one attached hydrogen (secondary N) is 1. The van der Waals surface area contributed by atoms with Gasteiger partial charge in [-0.3, -0.25) is 9.69 Å². The molecule has 12 heteroatoms. The molecule has 3 rings (SSSR count). The highest BCUT2D eigenvalue weighted by atomic mass is 127. The average molecular weight is 601 g/mol. The van der Waals surface area contributed by atoms with Crippen LogP contribution in [0.5, 0.6) is 0 Å². The molecule has 2 amide bonds. The van der Waals surface area contributed by atoms with Crippen LogP contribution >= 0.6 is 22.6 Å². The molecule has 1 aromatic rings. The van der Waals surface area contributed by atoms with Crippen LogP contribution in [-0.4, -0.2) is 69.2 Å². The first-order valence-corrected chi connectivity index (χ1v) is 12.4. The number of esters is 2. The fourth-order valence-electron chi connectivity index (χ4n) is 3.71. The highest BCUT2D eigenvalue weighted by Crippen LogP contribution is 2.44. The van der Waals surface area contributed by atoms with Crippen molar-refractivity contribution < 1.29 is 33.4 Å². The van der Waals surface area contributed by atoms with Crippen LogP contribution in [0, 0.1) is 4.91 Å². The number of nitrogens with zero attached hydrogens (tertiary/aromatic N) is 2. The number of hydrogen-bond acceptors (Lipinski definition) is 9. The molecule has 1 N–H and O–H groups in total. The van der Waals surface area contributed by atoms with E-state index in [-0.39, 0.29) is 34.7 Å². The standard InChI is InChI=1S/C23H28IN3O8/c1-5-33-20(30)23(11-17(23)24)25-18(28)16-10-15(12-27(16)21(31)35-22(2,3)4)34-19(29)13-6-8-14(26-32)9-7-13/h6-9,15-17H,5,10-12H2,1-4H3,(H,25,28)/t15-,16+,17-,23-/m1/s1. The molecule has 1 aliphatic heterocycles. The van der Waals surface area contributed by atoms with Crippen LogP contribution in [0.3, 0.4) is 0 Å². The predicted octanol–water partition coefficient (Wildman–Crippen LogP) is 3.24. The summed E-state index contributed by atoms with van der Waals surface area (Å²) in [7, 11) is 0. The van der Waals surface area contributed by atoms with Crippen molar-refractivity contribution in [3.8, 4) is 0 Å². The van der Waals surface area contributed by atoms with Gasteiger partial charge in [0, 0.05) is 10.3 Å². The summed E-state index contributed by atoms with van der Waals surface area (Å²) in [5.74, 6) is -1.75. The highest BCUT2D eigenvalue weighted by Gasteiger charge is 2.62. The van der Waals surface area contributed by atoms with E-state index in [0.717, 1.165) is 0 Å². The van der Waals surface area contributed by atoms with Gasteiger partial charge in [0.05, 0.1) is 18.7 Å². The van der Waals surface area contributed by atoms with Gasteiger partial charge in [0.15, 0.2) is 5.54 Å². The summed E-state index contributed by atoms with van der Waals surface area (Å²) in [6.07, 6.45) is -1.08. The van der Waals surface area contributed by atoms with Gasteiger partial charge in [0.1, 0.15) is 23.4 Å². The third-order valence-corrected chi connectivity index (χ3v) is 7.04. The van der Waals surface area contributed by atoms with Crippen LogP contribution in [-0.2, 0) is 23.8 Å². The second kappa shape index (κ2) is 10.5. The first kappa shape index (κ1) is 26.8. The van der Waals surface area contributed by atoms with E-state index in [1.165, 1.54) is 29.2 Å². The number of carbonyl (C=O) groups is 4. The van der Waals surface area contributed by atoms with Crippen molar-refractivity contribution >= 4 is 52.2 Å². The van der Waals surface area contributed by atoms with E-state index in [9.17, 15) is 24.1 Å². The Morgan fingerprint density at radius 2 is 1.83 bits per heavy atom. The number of nitroso groups, excluding NO2 is 1. The minimum absolute atomic E-state index is 0.0234. The Labute approximate surface area is 216 Å². The summed E-state index contributed by atoms with van der Waals surface area (Å²) in [6.45, 7) is 6.90. The number of alkyl halides is 1. The van der Waals surface area contributed by atoms with Crippen LogP contribution in [0.15, 0.2) is 29.4 Å². The minimum Gasteiger partial charge on any atom is -0.464 e. The van der Waals surface area contributed by atoms with Gasteiger partial charge in [-0.15, -0.1) is 4.91 Å².